The molecule has 1 unspecified atom stereocenters. The SMILES string of the molecule is CC1CCCCN1CCCn1cc(C#N)c(=O)[nH]c1=O. The second kappa shape index (κ2) is 6.53. The van der Waals surface area contributed by atoms with Crippen molar-refractivity contribution in [2.75, 3.05) is 13.1 Å². The molecule has 0 saturated carbocycles. The summed E-state index contributed by atoms with van der Waals surface area (Å²) in [5, 5.41) is 8.80. The van der Waals surface area contributed by atoms with Gasteiger partial charge < -0.3 is 4.90 Å². The summed E-state index contributed by atoms with van der Waals surface area (Å²) in [4.78, 5) is 27.5. The van der Waals surface area contributed by atoms with Gasteiger partial charge in [0.25, 0.3) is 5.56 Å². The molecule has 0 spiro atoms. The molecule has 1 aliphatic rings. The van der Waals surface area contributed by atoms with E-state index in [1.54, 1.807) is 6.07 Å². The molecule has 1 saturated heterocycles. The van der Waals surface area contributed by atoms with Crippen LogP contribution in [0.1, 0.15) is 38.2 Å². The van der Waals surface area contributed by atoms with Gasteiger partial charge in [-0.25, -0.2) is 4.79 Å². The van der Waals surface area contributed by atoms with E-state index in [2.05, 4.69) is 16.8 Å². The fourth-order valence-corrected chi connectivity index (χ4v) is 2.69. The molecular weight excluding hydrogens is 256 g/mol. The number of H-pyrrole nitrogens is 1. The van der Waals surface area contributed by atoms with Crippen LogP contribution in [0.4, 0.5) is 0 Å². The van der Waals surface area contributed by atoms with Crippen LogP contribution in [0.2, 0.25) is 0 Å². The zero-order valence-electron chi connectivity index (χ0n) is 11.8. The minimum absolute atomic E-state index is 0.0176. The van der Waals surface area contributed by atoms with Crippen molar-refractivity contribution >= 4 is 0 Å². The van der Waals surface area contributed by atoms with Crippen LogP contribution in [0, 0.1) is 11.3 Å². The van der Waals surface area contributed by atoms with E-state index in [9.17, 15) is 9.59 Å². The predicted molar refractivity (Wildman–Crippen MR) is 75.5 cm³/mol. The largest absolute Gasteiger partial charge is 0.328 e. The quantitative estimate of drug-likeness (QED) is 0.876. The Balaban J connectivity index is 1.96. The molecule has 1 fully saturated rings. The van der Waals surface area contributed by atoms with Gasteiger partial charge >= 0.3 is 5.69 Å². The fourth-order valence-electron chi connectivity index (χ4n) is 2.69. The summed E-state index contributed by atoms with van der Waals surface area (Å²) < 4.78 is 1.41. The first-order chi connectivity index (χ1) is 9.61. The van der Waals surface area contributed by atoms with Gasteiger partial charge in [0.05, 0.1) is 0 Å². The Morgan fingerprint density at radius 1 is 1.40 bits per heavy atom. The van der Waals surface area contributed by atoms with Crippen LogP contribution < -0.4 is 11.2 Å². The number of nitrogens with one attached hydrogen (secondary N) is 1. The van der Waals surface area contributed by atoms with Gasteiger partial charge in [-0.05, 0) is 32.7 Å². The Bertz CT molecular complexity index is 611. The molecule has 1 atom stereocenters. The van der Waals surface area contributed by atoms with E-state index in [1.807, 2.05) is 0 Å². The number of nitriles is 1. The minimum Gasteiger partial charge on any atom is -0.301 e. The second-order valence-corrected chi connectivity index (χ2v) is 5.34. The van der Waals surface area contributed by atoms with Crippen molar-refractivity contribution in [2.24, 2.45) is 0 Å². The zero-order chi connectivity index (χ0) is 14.5. The molecule has 1 aromatic heterocycles. The third-order valence-corrected chi connectivity index (χ3v) is 3.92. The lowest BCUT2D eigenvalue weighted by atomic mass is 10.0. The second-order valence-electron chi connectivity index (χ2n) is 5.34. The maximum Gasteiger partial charge on any atom is 0.328 e. The molecule has 0 amide bonds. The average Bonchev–Trinajstić information content (AvgIpc) is 2.43. The molecule has 0 radical (unpaired) electrons. The van der Waals surface area contributed by atoms with Gasteiger partial charge in [0.15, 0.2) is 0 Å². The lowest BCUT2D eigenvalue weighted by molar-refractivity contribution is 0.156. The van der Waals surface area contributed by atoms with Crippen molar-refractivity contribution in [2.45, 2.75) is 45.2 Å². The molecule has 1 N–H and O–H groups in total. The average molecular weight is 276 g/mol. The van der Waals surface area contributed by atoms with Crippen LogP contribution in [-0.4, -0.2) is 33.6 Å². The third-order valence-electron chi connectivity index (χ3n) is 3.92. The van der Waals surface area contributed by atoms with Crippen LogP contribution in [0.25, 0.3) is 0 Å². The van der Waals surface area contributed by atoms with E-state index in [4.69, 9.17) is 5.26 Å². The monoisotopic (exact) mass is 276 g/mol. The van der Waals surface area contributed by atoms with Crippen molar-refractivity contribution in [1.29, 1.82) is 5.26 Å². The van der Waals surface area contributed by atoms with E-state index in [-0.39, 0.29) is 5.56 Å². The first-order valence-corrected chi connectivity index (χ1v) is 7.09. The molecule has 20 heavy (non-hydrogen) atoms. The summed E-state index contributed by atoms with van der Waals surface area (Å²) in [6, 6.07) is 2.40. The Kier molecular flexibility index (Phi) is 4.74. The standard InChI is InChI=1S/C14H20N4O2/c1-11-5-2-3-6-17(11)7-4-8-18-10-12(9-15)13(19)16-14(18)20/h10-11H,2-8H2,1H3,(H,16,19,20). The summed E-state index contributed by atoms with van der Waals surface area (Å²) in [6.07, 6.45) is 5.95. The van der Waals surface area contributed by atoms with Crippen molar-refractivity contribution in [1.82, 2.24) is 14.5 Å². The Morgan fingerprint density at radius 2 is 2.20 bits per heavy atom. The minimum atomic E-state index is -0.613. The van der Waals surface area contributed by atoms with Gasteiger partial charge in [-0.2, -0.15) is 5.26 Å². The maximum absolute atomic E-state index is 11.6. The van der Waals surface area contributed by atoms with E-state index in [0.29, 0.717) is 12.6 Å². The first kappa shape index (κ1) is 14.5. The highest BCUT2D eigenvalue weighted by Gasteiger charge is 2.17. The Labute approximate surface area is 117 Å². The highest BCUT2D eigenvalue weighted by molar-refractivity contribution is 5.21. The number of rotatable bonds is 4. The molecule has 2 rings (SSSR count). The first-order valence-electron chi connectivity index (χ1n) is 7.09. The Hall–Kier alpha value is -1.87. The fraction of sp³-hybridized carbons (Fsp3) is 0.643. The molecule has 2 heterocycles. The normalized spacial score (nSPS) is 19.7. The number of likely N-dealkylation sites (tertiary alicyclic amines) is 1. The number of hydrogen-bond acceptors (Lipinski definition) is 4. The molecule has 6 heteroatoms. The van der Waals surface area contributed by atoms with Crippen LogP contribution in [0.5, 0.6) is 0 Å². The van der Waals surface area contributed by atoms with E-state index >= 15 is 0 Å². The lowest BCUT2D eigenvalue weighted by Gasteiger charge is -2.33. The number of nitrogens with zero attached hydrogens (tertiary/aromatic N) is 3. The van der Waals surface area contributed by atoms with Crippen molar-refractivity contribution in [3.8, 4) is 6.07 Å². The third kappa shape index (κ3) is 3.36. The molecule has 0 bridgehead atoms. The summed E-state index contributed by atoms with van der Waals surface area (Å²) in [5.41, 5.74) is -1.07. The van der Waals surface area contributed by atoms with Gasteiger partial charge in [-0.15, -0.1) is 0 Å². The van der Waals surface area contributed by atoms with Gasteiger partial charge in [0.2, 0.25) is 0 Å². The highest BCUT2D eigenvalue weighted by Crippen LogP contribution is 2.16. The molecule has 0 aromatic carbocycles. The molecule has 108 valence electrons. The van der Waals surface area contributed by atoms with Crippen LogP contribution in [0.3, 0.4) is 0 Å². The van der Waals surface area contributed by atoms with E-state index in [0.717, 1.165) is 19.5 Å². The Morgan fingerprint density at radius 3 is 2.90 bits per heavy atom. The molecule has 6 nitrogen and oxygen atoms in total. The van der Waals surface area contributed by atoms with Gasteiger partial charge in [0.1, 0.15) is 11.6 Å². The molecule has 1 aliphatic heterocycles. The van der Waals surface area contributed by atoms with Crippen LogP contribution in [-0.2, 0) is 6.54 Å². The molecule has 1 aromatic rings. The van der Waals surface area contributed by atoms with Crippen molar-refractivity contribution in [3.63, 3.8) is 0 Å². The van der Waals surface area contributed by atoms with Crippen LogP contribution >= 0.6 is 0 Å². The highest BCUT2D eigenvalue weighted by atomic mass is 16.2. The number of aromatic nitrogens is 2. The van der Waals surface area contributed by atoms with Crippen molar-refractivity contribution in [3.05, 3.63) is 32.6 Å². The summed E-state index contributed by atoms with van der Waals surface area (Å²) >= 11 is 0. The van der Waals surface area contributed by atoms with Gasteiger partial charge in [-0.3, -0.25) is 14.3 Å². The van der Waals surface area contributed by atoms with E-state index in [1.165, 1.54) is 30.0 Å². The summed E-state index contributed by atoms with van der Waals surface area (Å²) in [5.74, 6) is 0. The van der Waals surface area contributed by atoms with Gasteiger partial charge in [0, 0.05) is 25.3 Å². The number of aromatic amines is 1. The van der Waals surface area contributed by atoms with Crippen molar-refractivity contribution < 1.29 is 0 Å². The summed E-state index contributed by atoms with van der Waals surface area (Å²) in [6.45, 7) is 4.81. The predicted octanol–water partition coefficient (Wildman–Crippen LogP) is 0.673. The molecular formula is C14H20N4O2. The van der Waals surface area contributed by atoms with Crippen LogP contribution in [0.15, 0.2) is 15.8 Å². The smallest absolute Gasteiger partial charge is 0.301 e. The number of aryl methyl sites for hydroxylation is 1. The number of hydrogen-bond donors (Lipinski definition) is 1. The number of piperidine rings is 1. The molecule has 0 aliphatic carbocycles. The topological polar surface area (TPSA) is 81.9 Å². The zero-order valence-corrected chi connectivity index (χ0v) is 11.8. The van der Waals surface area contributed by atoms with E-state index < -0.39 is 11.2 Å². The summed E-state index contributed by atoms with van der Waals surface area (Å²) in [7, 11) is 0. The maximum atomic E-state index is 11.6. The van der Waals surface area contributed by atoms with Gasteiger partial charge in [-0.1, -0.05) is 6.42 Å². The lowest BCUT2D eigenvalue weighted by Crippen LogP contribution is -2.39.